The second kappa shape index (κ2) is 10.4. The molecule has 1 aliphatic carbocycles. The van der Waals surface area contributed by atoms with Gasteiger partial charge in [0.2, 0.25) is 0 Å². The number of hydrogen-bond acceptors (Lipinski definition) is 3. The van der Waals surface area contributed by atoms with Crippen molar-refractivity contribution in [2.45, 2.75) is 40.0 Å². The van der Waals surface area contributed by atoms with Crippen molar-refractivity contribution >= 4 is 50.6 Å². The van der Waals surface area contributed by atoms with Crippen molar-refractivity contribution in [3.05, 3.63) is 103 Å². The summed E-state index contributed by atoms with van der Waals surface area (Å²) in [5.74, 6) is -0.242. The first-order valence-electron chi connectivity index (χ1n) is 13.1. The summed E-state index contributed by atoms with van der Waals surface area (Å²) < 4.78 is 16.5. The van der Waals surface area contributed by atoms with Crippen molar-refractivity contribution in [2.75, 3.05) is 0 Å². The topological polar surface area (TPSA) is 114 Å². The number of nitrogens with two attached hydrogens (primary N) is 1. The number of aryl methyl sites for hydroxylation is 1. The lowest BCUT2D eigenvalue weighted by Crippen LogP contribution is -2.33. The van der Waals surface area contributed by atoms with Gasteiger partial charge in [0, 0.05) is 22.3 Å². The van der Waals surface area contributed by atoms with Crippen LogP contribution in [0.3, 0.4) is 0 Å². The molecule has 0 bridgehead atoms. The monoisotopic (exact) mass is 560 g/mol. The number of fused-ring (bicyclic) bond motifs is 4. The molecule has 0 aliphatic heterocycles. The highest BCUT2D eigenvalue weighted by Gasteiger charge is 2.28. The van der Waals surface area contributed by atoms with Crippen molar-refractivity contribution in [1.29, 1.82) is 0 Å². The fourth-order valence-corrected chi connectivity index (χ4v) is 5.90. The Morgan fingerprint density at radius 1 is 1.25 bits per heavy atom. The Bertz CT molecular complexity index is 1890. The molecule has 1 aliphatic rings. The van der Waals surface area contributed by atoms with E-state index in [1.807, 2.05) is 0 Å². The van der Waals surface area contributed by atoms with Crippen LogP contribution in [0.2, 0.25) is 5.02 Å². The molecule has 2 aromatic heterocycles. The van der Waals surface area contributed by atoms with Crippen LogP contribution in [0.1, 0.15) is 54.4 Å². The maximum Gasteiger partial charge on any atom is 0.333 e. The zero-order valence-corrected chi connectivity index (χ0v) is 23.3. The smallest absolute Gasteiger partial charge is 0.333 e. The first-order chi connectivity index (χ1) is 19.0. The maximum absolute atomic E-state index is 15.6. The molecule has 2 heterocycles. The average Bonchev–Trinajstić information content (AvgIpc) is 3.27. The number of amides is 1. The van der Waals surface area contributed by atoms with Gasteiger partial charge in [-0.1, -0.05) is 50.2 Å². The van der Waals surface area contributed by atoms with Gasteiger partial charge >= 0.3 is 5.69 Å². The molecule has 0 spiro atoms. The van der Waals surface area contributed by atoms with Gasteiger partial charge in [0.25, 0.3) is 11.5 Å². The Morgan fingerprint density at radius 3 is 2.70 bits per heavy atom. The Balaban J connectivity index is 1.56. The fraction of sp³-hybridized carbons (Fsp3) is 0.258. The average molecular weight is 561 g/mol. The van der Waals surface area contributed by atoms with Crippen LogP contribution in [0, 0.1) is 17.7 Å². The van der Waals surface area contributed by atoms with Crippen LogP contribution in [0.25, 0.3) is 33.1 Å². The second-order valence-electron chi connectivity index (χ2n) is 10.7. The van der Waals surface area contributed by atoms with Gasteiger partial charge in [-0.2, -0.15) is 0 Å². The zero-order valence-electron chi connectivity index (χ0n) is 22.5. The molecule has 4 N–H and O–H groups in total. The second-order valence-corrected chi connectivity index (χ2v) is 11.1. The number of nitrogens with one attached hydrogen (secondary N) is 2. The molecule has 2 aromatic carbocycles. The van der Waals surface area contributed by atoms with Crippen LogP contribution >= 0.6 is 11.6 Å². The zero-order chi connectivity index (χ0) is 28.9. The van der Waals surface area contributed by atoms with Gasteiger partial charge in [0.1, 0.15) is 5.82 Å². The van der Waals surface area contributed by atoms with Gasteiger partial charge in [-0.05, 0) is 73.4 Å². The van der Waals surface area contributed by atoms with Crippen molar-refractivity contribution in [2.24, 2.45) is 17.6 Å². The normalized spacial score (nSPS) is 15.8. The van der Waals surface area contributed by atoms with Gasteiger partial charge in [0.05, 0.1) is 27.0 Å². The van der Waals surface area contributed by atoms with E-state index in [1.54, 1.807) is 37.3 Å². The summed E-state index contributed by atoms with van der Waals surface area (Å²) in [6, 6.07) is 5.96. The Morgan fingerprint density at radius 2 is 2.00 bits per heavy atom. The Hall–Kier alpha value is -4.17. The van der Waals surface area contributed by atoms with Crippen molar-refractivity contribution in [1.82, 2.24) is 14.5 Å². The summed E-state index contributed by atoms with van der Waals surface area (Å²) in [7, 11) is 0. The third-order valence-electron chi connectivity index (χ3n) is 7.86. The Kier molecular flexibility index (Phi) is 7.14. The summed E-state index contributed by atoms with van der Waals surface area (Å²) in [5, 5.41) is 1.19. The molecule has 9 heteroatoms. The third kappa shape index (κ3) is 4.62. The van der Waals surface area contributed by atoms with Crippen LogP contribution < -0.4 is 17.0 Å². The molecule has 5 rings (SSSR count). The fourth-order valence-electron chi connectivity index (χ4n) is 5.68. The number of aromatic nitrogens is 3. The summed E-state index contributed by atoms with van der Waals surface area (Å²) in [5.41, 5.74) is 8.47. The predicted molar refractivity (Wildman–Crippen MR) is 159 cm³/mol. The number of halogens is 2. The third-order valence-corrected chi connectivity index (χ3v) is 8.17. The lowest BCUT2D eigenvalue weighted by molar-refractivity contribution is 0.100. The molecule has 0 saturated heterocycles. The molecule has 206 valence electrons. The van der Waals surface area contributed by atoms with Crippen LogP contribution in [0.4, 0.5) is 4.39 Å². The van der Waals surface area contributed by atoms with Crippen molar-refractivity contribution in [3.63, 3.8) is 0 Å². The van der Waals surface area contributed by atoms with E-state index in [9.17, 15) is 14.4 Å². The molecule has 1 amide bonds. The van der Waals surface area contributed by atoms with E-state index in [2.05, 4.69) is 30.4 Å². The van der Waals surface area contributed by atoms with E-state index in [1.165, 1.54) is 12.1 Å². The number of allylic oxidation sites excluding steroid dienone is 5. The molecule has 0 radical (unpaired) electrons. The first-order valence-corrected chi connectivity index (χ1v) is 13.5. The van der Waals surface area contributed by atoms with E-state index in [0.717, 1.165) is 35.1 Å². The Labute approximate surface area is 234 Å². The number of rotatable bonds is 6. The minimum absolute atomic E-state index is 0.124. The van der Waals surface area contributed by atoms with E-state index in [-0.39, 0.29) is 27.2 Å². The minimum atomic E-state index is -0.695. The van der Waals surface area contributed by atoms with E-state index in [0.29, 0.717) is 33.9 Å². The highest BCUT2D eigenvalue weighted by Crippen LogP contribution is 2.40. The summed E-state index contributed by atoms with van der Waals surface area (Å²) in [6.07, 6.45) is 7.36. The lowest BCUT2D eigenvalue weighted by atomic mass is 9.80. The number of carbonyl (C=O) groups excluding carboxylic acids is 1. The van der Waals surface area contributed by atoms with E-state index >= 15 is 4.39 Å². The molecular formula is C31H30ClFN4O3. The van der Waals surface area contributed by atoms with Gasteiger partial charge in [0.15, 0.2) is 0 Å². The van der Waals surface area contributed by atoms with Crippen LogP contribution in [0.15, 0.2) is 58.7 Å². The molecule has 0 fully saturated rings. The molecule has 1 atom stereocenters. The number of carbonyl (C=O) groups is 1. The minimum Gasteiger partial charge on any atom is -0.366 e. The van der Waals surface area contributed by atoms with Gasteiger partial charge in [-0.15, -0.1) is 0 Å². The summed E-state index contributed by atoms with van der Waals surface area (Å²) >= 11 is 6.13. The largest absolute Gasteiger partial charge is 0.366 e. The molecule has 40 heavy (non-hydrogen) atoms. The SMILES string of the molecule is C=C(/C=C\C=C(/C)c1c(F)cc(C(N)=O)c2[nH]c3c(c12)CCC(C(C)C)C3)n1c(=O)[nH]c2c(Cl)cccc2c1=O. The summed E-state index contributed by atoms with van der Waals surface area (Å²) in [4.78, 5) is 43.9. The molecule has 0 saturated carbocycles. The number of benzene rings is 2. The number of aromatic amines is 2. The molecule has 7 nitrogen and oxygen atoms in total. The highest BCUT2D eigenvalue weighted by molar-refractivity contribution is 6.34. The van der Waals surface area contributed by atoms with Gasteiger partial charge in [-0.3, -0.25) is 9.59 Å². The first kappa shape index (κ1) is 27.4. The van der Waals surface area contributed by atoms with Crippen LogP contribution in [0.5, 0.6) is 0 Å². The summed E-state index contributed by atoms with van der Waals surface area (Å²) in [6.45, 7) is 10.0. The lowest BCUT2D eigenvalue weighted by Gasteiger charge is -2.25. The number of nitrogens with zero attached hydrogens (tertiary/aromatic N) is 1. The van der Waals surface area contributed by atoms with Crippen molar-refractivity contribution < 1.29 is 9.18 Å². The van der Waals surface area contributed by atoms with E-state index in [4.69, 9.17) is 17.3 Å². The van der Waals surface area contributed by atoms with Crippen LogP contribution in [-0.2, 0) is 12.8 Å². The maximum atomic E-state index is 15.6. The molecular weight excluding hydrogens is 531 g/mol. The van der Waals surface area contributed by atoms with E-state index < -0.39 is 23.0 Å². The number of para-hydroxylation sites is 1. The molecule has 1 unspecified atom stereocenters. The van der Waals surface area contributed by atoms with Gasteiger partial charge in [-0.25, -0.2) is 13.8 Å². The number of H-pyrrole nitrogens is 2. The van der Waals surface area contributed by atoms with Crippen molar-refractivity contribution in [3.8, 4) is 0 Å². The number of hydrogen-bond donors (Lipinski definition) is 3. The predicted octanol–water partition coefficient (Wildman–Crippen LogP) is 5.95. The standard InChI is InChI=1S/C31H30ClFN4O3/c1-15(2)18-11-12-19-24(13-18)35-28-21(29(34)38)14-23(33)25(26(19)28)16(3)7-5-8-17(4)37-30(39)20-9-6-10-22(32)27(20)36-31(37)40/h5-10,14-15,18,35H,4,11-13H2,1-3H3,(H2,34,38)(H,36,40)/b8-5-,16-7+. The highest BCUT2D eigenvalue weighted by atomic mass is 35.5. The van der Waals surface area contributed by atoms with Crippen LogP contribution in [-0.4, -0.2) is 20.4 Å². The van der Waals surface area contributed by atoms with Gasteiger partial charge < -0.3 is 15.7 Å². The number of primary amides is 1. The molecule has 4 aromatic rings. The quantitative estimate of drug-likeness (QED) is 0.253.